The molecule has 0 N–H and O–H groups in total. The van der Waals surface area contributed by atoms with Gasteiger partial charge in [-0.1, -0.05) is 18.2 Å². The van der Waals surface area contributed by atoms with E-state index in [1.807, 2.05) is 18.2 Å². The summed E-state index contributed by atoms with van der Waals surface area (Å²) in [5.41, 5.74) is 0. The molecule has 0 aliphatic heterocycles. The normalized spacial score (nSPS) is 11.1. The van der Waals surface area contributed by atoms with E-state index >= 15 is 0 Å². The van der Waals surface area contributed by atoms with E-state index in [0.29, 0.717) is 5.75 Å². The van der Waals surface area contributed by atoms with Crippen molar-refractivity contribution in [3.8, 4) is 5.75 Å². The van der Waals surface area contributed by atoms with Crippen molar-refractivity contribution >= 4 is 15.6 Å². The molecule has 0 saturated carbocycles. The molecule has 0 bridgehead atoms. The summed E-state index contributed by atoms with van der Waals surface area (Å²) in [4.78, 5) is 11.2. The zero-order valence-corrected chi connectivity index (χ0v) is 9.87. The molecule has 88 valence electrons. The summed E-state index contributed by atoms with van der Waals surface area (Å²) in [6, 6.07) is 9.07. The lowest BCUT2D eigenvalue weighted by atomic mass is 10.3. The molecule has 0 radical (unpaired) electrons. The number of rotatable bonds is 6. The van der Waals surface area contributed by atoms with E-state index in [1.54, 1.807) is 12.1 Å². The molecule has 1 aromatic carbocycles. The van der Waals surface area contributed by atoms with E-state index in [0.717, 1.165) is 6.26 Å². The quantitative estimate of drug-likeness (QED) is 0.748. The Balaban J connectivity index is 2.29. The summed E-state index contributed by atoms with van der Waals surface area (Å²) in [5.74, 6) is -0.0568. The van der Waals surface area contributed by atoms with Gasteiger partial charge in [0.2, 0.25) is 0 Å². The van der Waals surface area contributed by atoms with Crippen LogP contribution in [0, 0.1) is 0 Å². The van der Waals surface area contributed by atoms with Crippen LogP contribution in [0.2, 0.25) is 0 Å². The molecule has 0 fully saturated rings. The first-order valence-corrected chi connectivity index (χ1v) is 6.91. The molecule has 0 aromatic heterocycles. The van der Waals surface area contributed by atoms with E-state index in [4.69, 9.17) is 4.74 Å². The number of Topliss-reactive ketones (excluding diaryl/α,β-unsaturated/α-hetero) is 1. The Morgan fingerprint density at radius 3 is 2.44 bits per heavy atom. The number of hydrogen-bond acceptors (Lipinski definition) is 4. The van der Waals surface area contributed by atoms with Gasteiger partial charge in [-0.2, -0.15) is 0 Å². The van der Waals surface area contributed by atoms with Gasteiger partial charge in [0.25, 0.3) is 0 Å². The Morgan fingerprint density at radius 1 is 1.25 bits per heavy atom. The maximum absolute atomic E-state index is 11.2. The zero-order chi connectivity index (χ0) is 12.0. The second kappa shape index (κ2) is 5.65. The van der Waals surface area contributed by atoms with Crippen LogP contribution in [0.5, 0.6) is 5.75 Å². The fourth-order valence-corrected chi connectivity index (χ4v) is 1.89. The second-order valence-electron chi connectivity index (χ2n) is 3.52. The number of carbonyl (C=O) groups is 1. The predicted molar refractivity (Wildman–Crippen MR) is 61.3 cm³/mol. The van der Waals surface area contributed by atoms with Crippen LogP contribution in [0.3, 0.4) is 0 Å². The molecule has 1 aromatic rings. The third-order valence-corrected chi connectivity index (χ3v) is 2.66. The molecule has 0 aliphatic carbocycles. The summed E-state index contributed by atoms with van der Waals surface area (Å²) >= 11 is 0. The third-order valence-electron chi connectivity index (χ3n) is 1.82. The van der Waals surface area contributed by atoms with Crippen molar-refractivity contribution in [3.63, 3.8) is 0 Å². The molecule has 0 unspecified atom stereocenters. The van der Waals surface area contributed by atoms with Crippen molar-refractivity contribution in [2.24, 2.45) is 0 Å². The Hall–Kier alpha value is -1.36. The first-order valence-electron chi connectivity index (χ1n) is 4.84. The SMILES string of the molecule is CS(=O)(=O)CC(=O)CCOc1ccccc1. The number of ketones is 1. The predicted octanol–water partition coefficient (Wildman–Crippen LogP) is 1.07. The van der Waals surface area contributed by atoms with Crippen LogP contribution in [0.1, 0.15) is 6.42 Å². The topological polar surface area (TPSA) is 60.4 Å². The van der Waals surface area contributed by atoms with E-state index in [1.165, 1.54) is 0 Å². The summed E-state index contributed by atoms with van der Waals surface area (Å²) in [7, 11) is -3.22. The van der Waals surface area contributed by atoms with Crippen LogP contribution in [0.4, 0.5) is 0 Å². The Morgan fingerprint density at radius 2 is 1.88 bits per heavy atom. The summed E-state index contributed by atoms with van der Waals surface area (Å²) in [6.45, 7) is 0.207. The standard InChI is InChI=1S/C11H14O4S/c1-16(13,14)9-10(12)7-8-15-11-5-3-2-4-6-11/h2-6H,7-9H2,1H3. The highest BCUT2D eigenvalue weighted by Gasteiger charge is 2.10. The Kier molecular flexibility index (Phi) is 4.49. The van der Waals surface area contributed by atoms with E-state index in [9.17, 15) is 13.2 Å². The van der Waals surface area contributed by atoms with Gasteiger partial charge in [0.1, 0.15) is 11.5 Å². The summed E-state index contributed by atoms with van der Waals surface area (Å²) in [5, 5.41) is 0. The van der Waals surface area contributed by atoms with Gasteiger partial charge in [-0.25, -0.2) is 8.42 Å². The number of carbonyl (C=O) groups excluding carboxylic acids is 1. The van der Waals surface area contributed by atoms with Crippen molar-refractivity contribution in [3.05, 3.63) is 30.3 Å². The Labute approximate surface area is 95.2 Å². The smallest absolute Gasteiger partial charge is 0.154 e. The molecule has 1 rings (SSSR count). The fourth-order valence-electron chi connectivity index (χ4n) is 1.16. The molecule has 0 heterocycles. The minimum absolute atomic E-state index is 0.113. The molecule has 0 spiro atoms. The van der Waals surface area contributed by atoms with Gasteiger partial charge in [0.05, 0.1) is 6.61 Å². The highest BCUT2D eigenvalue weighted by atomic mass is 32.2. The molecule has 16 heavy (non-hydrogen) atoms. The van der Waals surface area contributed by atoms with Crippen molar-refractivity contribution < 1.29 is 17.9 Å². The van der Waals surface area contributed by atoms with Crippen LogP contribution in [0.25, 0.3) is 0 Å². The minimum atomic E-state index is -3.22. The number of hydrogen-bond donors (Lipinski definition) is 0. The zero-order valence-electron chi connectivity index (χ0n) is 9.05. The molecule has 4 nitrogen and oxygen atoms in total. The van der Waals surface area contributed by atoms with Crippen LogP contribution < -0.4 is 4.74 Å². The molecule has 0 amide bonds. The average Bonchev–Trinajstić information content (AvgIpc) is 2.16. The van der Waals surface area contributed by atoms with Crippen molar-refractivity contribution in [2.45, 2.75) is 6.42 Å². The van der Waals surface area contributed by atoms with Crippen LogP contribution in [0.15, 0.2) is 30.3 Å². The lowest BCUT2D eigenvalue weighted by Gasteiger charge is -2.04. The van der Waals surface area contributed by atoms with Gasteiger partial charge >= 0.3 is 0 Å². The van der Waals surface area contributed by atoms with Gasteiger partial charge in [-0.15, -0.1) is 0 Å². The largest absolute Gasteiger partial charge is 0.493 e. The van der Waals surface area contributed by atoms with E-state index in [-0.39, 0.29) is 18.8 Å². The van der Waals surface area contributed by atoms with Crippen LogP contribution in [-0.2, 0) is 14.6 Å². The van der Waals surface area contributed by atoms with Crippen molar-refractivity contribution in [1.82, 2.24) is 0 Å². The van der Waals surface area contributed by atoms with Gasteiger partial charge in [0, 0.05) is 12.7 Å². The minimum Gasteiger partial charge on any atom is -0.493 e. The molecule has 0 atom stereocenters. The van der Waals surface area contributed by atoms with Crippen molar-refractivity contribution in [2.75, 3.05) is 18.6 Å². The van der Waals surface area contributed by atoms with Gasteiger partial charge in [-0.3, -0.25) is 4.79 Å². The van der Waals surface area contributed by atoms with E-state index < -0.39 is 15.6 Å². The first-order chi connectivity index (χ1) is 7.47. The van der Waals surface area contributed by atoms with Gasteiger partial charge < -0.3 is 4.74 Å². The Bertz CT molecular complexity index is 436. The monoisotopic (exact) mass is 242 g/mol. The lowest BCUT2D eigenvalue weighted by molar-refractivity contribution is -0.117. The van der Waals surface area contributed by atoms with Crippen LogP contribution >= 0.6 is 0 Å². The highest BCUT2D eigenvalue weighted by molar-refractivity contribution is 7.91. The molecule has 0 saturated heterocycles. The van der Waals surface area contributed by atoms with Crippen molar-refractivity contribution in [1.29, 1.82) is 0 Å². The van der Waals surface area contributed by atoms with Crippen LogP contribution in [-0.4, -0.2) is 32.8 Å². The van der Waals surface area contributed by atoms with Gasteiger partial charge in [0.15, 0.2) is 15.6 Å². The number of ether oxygens (including phenoxy) is 1. The first kappa shape index (κ1) is 12.7. The maximum atomic E-state index is 11.2. The average molecular weight is 242 g/mol. The summed E-state index contributed by atoms with van der Waals surface area (Å²) in [6.07, 6.45) is 1.16. The third kappa shape index (κ3) is 5.50. The fraction of sp³-hybridized carbons (Fsp3) is 0.364. The maximum Gasteiger partial charge on any atom is 0.154 e. The number of para-hydroxylation sites is 1. The van der Waals surface area contributed by atoms with Gasteiger partial charge in [-0.05, 0) is 12.1 Å². The number of sulfone groups is 1. The molecular formula is C11H14O4S. The highest BCUT2D eigenvalue weighted by Crippen LogP contribution is 2.08. The number of benzene rings is 1. The second-order valence-corrected chi connectivity index (χ2v) is 5.66. The summed E-state index contributed by atoms with van der Waals surface area (Å²) < 4.78 is 26.9. The van der Waals surface area contributed by atoms with E-state index in [2.05, 4.69) is 0 Å². The molecule has 0 aliphatic rings. The lowest BCUT2D eigenvalue weighted by Crippen LogP contribution is -2.16. The molecular weight excluding hydrogens is 228 g/mol. The molecule has 5 heteroatoms.